The van der Waals surface area contributed by atoms with Gasteiger partial charge in [-0.3, -0.25) is 4.79 Å². The largest absolute Gasteiger partial charge is 0.508 e. The molecular formula is C19H18O4. The van der Waals surface area contributed by atoms with Gasteiger partial charge in [-0.15, -0.1) is 0 Å². The van der Waals surface area contributed by atoms with Crippen LogP contribution >= 0.6 is 0 Å². The standard InChI is InChI=1S/C19H18O4/c1-11(2)13-6-9-16-15(10-13)17(21)19(22-3)18(23-16)12-4-7-14(20)8-5-12/h4-11,20H,1-3H3. The number of phenols is 1. The smallest absolute Gasteiger partial charge is 0.235 e. The SMILES string of the molecule is COc1c(-c2ccc(O)cc2)oc2ccc(C(C)C)cc2c1=O. The molecule has 0 saturated carbocycles. The molecule has 3 aromatic rings. The zero-order valence-electron chi connectivity index (χ0n) is 13.3. The van der Waals surface area contributed by atoms with Crippen LogP contribution in [0.25, 0.3) is 22.3 Å². The van der Waals surface area contributed by atoms with Crippen LogP contribution in [0.15, 0.2) is 51.7 Å². The van der Waals surface area contributed by atoms with Gasteiger partial charge < -0.3 is 14.3 Å². The molecule has 0 aliphatic heterocycles. The second kappa shape index (κ2) is 5.80. The van der Waals surface area contributed by atoms with Crippen LogP contribution in [-0.4, -0.2) is 12.2 Å². The Bertz CT molecular complexity index is 905. The third kappa shape index (κ3) is 2.68. The van der Waals surface area contributed by atoms with Crippen LogP contribution < -0.4 is 10.2 Å². The predicted molar refractivity (Wildman–Crippen MR) is 90.2 cm³/mol. The van der Waals surface area contributed by atoms with Gasteiger partial charge in [0.2, 0.25) is 11.2 Å². The van der Waals surface area contributed by atoms with Gasteiger partial charge in [0.1, 0.15) is 11.3 Å². The Kier molecular flexibility index (Phi) is 3.82. The molecule has 0 radical (unpaired) electrons. The van der Waals surface area contributed by atoms with Crippen molar-refractivity contribution < 1.29 is 14.3 Å². The summed E-state index contributed by atoms with van der Waals surface area (Å²) in [7, 11) is 1.45. The Morgan fingerprint density at radius 2 is 1.78 bits per heavy atom. The fourth-order valence-corrected chi connectivity index (χ4v) is 2.54. The molecule has 4 nitrogen and oxygen atoms in total. The minimum Gasteiger partial charge on any atom is -0.508 e. The Balaban J connectivity index is 2.29. The van der Waals surface area contributed by atoms with Crippen LogP contribution in [0.2, 0.25) is 0 Å². The van der Waals surface area contributed by atoms with Crippen molar-refractivity contribution in [1.82, 2.24) is 0 Å². The second-order valence-electron chi connectivity index (χ2n) is 5.75. The number of methoxy groups -OCH3 is 1. The quantitative estimate of drug-likeness (QED) is 0.783. The van der Waals surface area contributed by atoms with Crippen LogP contribution in [0, 0.1) is 0 Å². The van der Waals surface area contributed by atoms with Crippen molar-refractivity contribution in [1.29, 1.82) is 0 Å². The molecule has 2 aromatic carbocycles. The summed E-state index contributed by atoms with van der Waals surface area (Å²) < 4.78 is 11.2. The van der Waals surface area contributed by atoms with Gasteiger partial charge >= 0.3 is 0 Å². The fourth-order valence-electron chi connectivity index (χ4n) is 2.54. The molecule has 0 unspecified atom stereocenters. The molecule has 0 aliphatic rings. The van der Waals surface area contributed by atoms with E-state index in [0.29, 0.717) is 28.2 Å². The molecule has 0 saturated heterocycles. The van der Waals surface area contributed by atoms with Gasteiger partial charge in [-0.25, -0.2) is 0 Å². The van der Waals surface area contributed by atoms with Crippen molar-refractivity contribution in [3.63, 3.8) is 0 Å². The van der Waals surface area contributed by atoms with Crippen molar-refractivity contribution in [2.75, 3.05) is 7.11 Å². The average molecular weight is 310 g/mol. The monoisotopic (exact) mass is 310 g/mol. The highest BCUT2D eigenvalue weighted by Gasteiger charge is 2.17. The van der Waals surface area contributed by atoms with Crippen molar-refractivity contribution in [2.45, 2.75) is 19.8 Å². The normalized spacial score (nSPS) is 11.1. The van der Waals surface area contributed by atoms with E-state index in [1.807, 2.05) is 18.2 Å². The van der Waals surface area contributed by atoms with Gasteiger partial charge in [0.25, 0.3) is 0 Å². The molecule has 0 atom stereocenters. The number of hydrogen-bond donors (Lipinski definition) is 1. The van der Waals surface area contributed by atoms with Gasteiger partial charge in [-0.05, 0) is 47.9 Å². The van der Waals surface area contributed by atoms with Crippen LogP contribution in [-0.2, 0) is 0 Å². The first-order valence-corrected chi connectivity index (χ1v) is 7.45. The van der Waals surface area contributed by atoms with E-state index >= 15 is 0 Å². The Labute approximate surface area is 134 Å². The molecule has 1 N–H and O–H groups in total. The Hall–Kier alpha value is -2.75. The lowest BCUT2D eigenvalue weighted by Crippen LogP contribution is -2.08. The molecule has 0 amide bonds. The van der Waals surface area contributed by atoms with Crippen molar-refractivity contribution >= 4 is 11.0 Å². The topological polar surface area (TPSA) is 59.7 Å². The molecule has 0 aliphatic carbocycles. The summed E-state index contributed by atoms with van der Waals surface area (Å²) in [6.07, 6.45) is 0. The number of aromatic hydroxyl groups is 1. The zero-order chi connectivity index (χ0) is 16.6. The maximum Gasteiger partial charge on any atom is 0.235 e. The van der Waals surface area contributed by atoms with E-state index in [1.165, 1.54) is 7.11 Å². The number of fused-ring (bicyclic) bond motifs is 1. The van der Waals surface area contributed by atoms with Gasteiger partial charge in [0.15, 0.2) is 5.76 Å². The minimum atomic E-state index is -0.195. The molecule has 1 aromatic heterocycles. The molecule has 0 bridgehead atoms. The third-order valence-corrected chi connectivity index (χ3v) is 3.87. The Morgan fingerprint density at radius 3 is 2.39 bits per heavy atom. The van der Waals surface area contributed by atoms with E-state index in [-0.39, 0.29) is 16.9 Å². The highest BCUT2D eigenvalue weighted by Crippen LogP contribution is 2.32. The first-order valence-electron chi connectivity index (χ1n) is 7.45. The Morgan fingerprint density at radius 1 is 1.09 bits per heavy atom. The summed E-state index contributed by atoms with van der Waals surface area (Å²) in [4.78, 5) is 12.8. The van der Waals surface area contributed by atoms with E-state index in [0.717, 1.165) is 5.56 Å². The summed E-state index contributed by atoms with van der Waals surface area (Å²) in [5, 5.41) is 9.93. The minimum absolute atomic E-state index is 0.150. The maximum atomic E-state index is 12.8. The van der Waals surface area contributed by atoms with Crippen LogP contribution in [0.4, 0.5) is 0 Å². The number of rotatable bonds is 3. The number of ether oxygens (including phenoxy) is 1. The molecule has 3 rings (SSSR count). The first kappa shape index (κ1) is 15.2. The van der Waals surface area contributed by atoms with Crippen LogP contribution in [0.5, 0.6) is 11.5 Å². The summed E-state index contributed by atoms with van der Waals surface area (Å²) in [5.41, 5.74) is 2.07. The lowest BCUT2D eigenvalue weighted by molar-refractivity contribution is 0.398. The van der Waals surface area contributed by atoms with E-state index in [2.05, 4.69) is 13.8 Å². The van der Waals surface area contributed by atoms with E-state index < -0.39 is 0 Å². The zero-order valence-corrected chi connectivity index (χ0v) is 13.3. The van der Waals surface area contributed by atoms with E-state index in [1.54, 1.807) is 24.3 Å². The molecule has 118 valence electrons. The number of hydrogen-bond acceptors (Lipinski definition) is 4. The lowest BCUT2D eigenvalue weighted by atomic mass is 10.0. The molecule has 1 heterocycles. The van der Waals surface area contributed by atoms with Crippen molar-refractivity contribution in [3.05, 3.63) is 58.3 Å². The molecule has 0 spiro atoms. The lowest BCUT2D eigenvalue weighted by Gasteiger charge is -2.11. The summed E-state index contributed by atoms with van der Waals surface area (Å²) in [6, 6.07) is 12.1. The van der Waals surface area contributed by atoms with Crippen molar-refractivity contribution in [2.24, 2.45) is 0 Å². The maximum absolute atomic E-state index is 12.8. The fraction of sp³-hybridized carbons (Fsp3) is 0.211. The van der Waals surface area contributed by atoms with E-state index in [4.69, 9.17) is 9.15 Å². The molecule has 4 heteroatoms. The first-order chi connectivity index (χ1) is 11.0. The summed E-state index contributed by atoms with van der Waals surface area (Å²) in [5.74, 6) is 1.00. The highest BCUT2D eigenvalue weighted by atomic mass is 16.5. The van der Waals surface area contributed by atoms with Gasteiger partial charge in [-0.1, -0.05) is 19.9 Å². The highest BCUT2D eigenvalue weighted by molar-refractivity contribution is 5.82. The summed E-state index contributed by atoms with van der Waals surface area (Å²) >= 11 is 0. The second-order valence-corrected chi connectivity index (χ2v) is 5.75. The molecular weight excluding hydrogens is 292 g/mol. The molecule has 23 heavy (non-hydrogen) atoms. The van der Waals surface area contributed by atoms with Gasteiger partial charge in [-0.2, -0.15) is 0 Å². The number of phenolic OH excluding ortho intramolecular Hbond substituents is 1. The van der Waals surface area contributed by atoms with Crippen molar-refractivity contribution in [3.8, 4) is 22.8 Å². The summed E-state index contributed by atoms with van der Waals surface area (Å²) in [6.45, 7) is 4.15. The van der Waals surface area contributed by atoms with Gasteiger partial charge in [0.05, 0.1) is 12.5 Å². The van der Waals surface area contributed by atoms with Gasteiger partial charge in [0, 0.05) is 5.56 Å². The third-order valence-electron chi connectivity index (χ3n) is 3.87. The van der Waals surface area contributed by atoms with Crippen LogP contribution in [0.3, 0.4) is 0 Å². The van der Waals surface area contributed by atoms with E-state index in [9.17, 15) is 9.90 Å². The number of benzene rings is 2. The molecule has 0 fully saturated rings. The predicted octanol–water partition coefficient (Wildman–Crippen LogP) is 4.30. The van der Waals surface area contributed by atoms with Crippen LogP contribution in [0.1, 0.15) is 25.3 Å². The average Bonchev–Trinajstić information content (AvgIpc) is 2.55.